The van der Waals surface area contributed by atoms with Crippen molar-refractivity contribution in [3.05, 3.63) is 16.1 Å². The number of rotatable bonds is 9. The van der Waals surface area contributed by atoms with Crippen molar-refractivity contribution >= 4 is 11.3 Å². The average Bonchev–Trinajstić information content (AvgIpc) is 2.68. The van der Waals surface area contributed by atoms with E-state index in [2.05, 4.69) is 24.1 Å². The maximum absolute atomic E-state index is 5.41. The standard InChI is InChI=1S/C12H22N2OS/c1-3-8-15-9-4-6-13-7-5-12-11(2)14-10-16-12/h10,13H,3-9H2,1-2H3. The number of nitrogens with one attached hydrogen (secondary N) is 1. The van der Waals surface area contributed by atoms with Crippen LogP contribution in [0.2, 0.25) is 0 Å². The summed E-state index contributed by atoms with van der Waals surface area (Å²) in [6.07, 6.45) is 3.30. The summed E-state index contributed by atoms with van der Waals surface area (Å²) < 4.78 is 5.41. The van der Waals surface area contributed by atoms with Crippen LogP contribution in [0, 0.1) is 6.92 Å². The number of hydrogen-bond donors (Lipinski definition) is 1. The van der Waals surface area contributed by atoms with E-state index in [4.69, 9.17) is 4.74 Å². The van der Waals surface area contributed by atoms with Gasteiger partial charge in [-0.3, -0.25) is 0 Å². The topological polar surface area (TPSA) is 34.1 Å². The van der Waals surface area contributed by atoms with Crippen molar-refractivity contribution in [2.24, 2.45) is 0 Å². The Balaban J connectivity index is 1.91. The highest BCUT2D eigenvalue weighted by atomic mass is 32.1. The van der Waals surface area contributed by atoms with E-state index in [9.17, 15) is 0 Å². The summed E-state index contributed by atoms with van der Waals surface area (Å²) in [5.74, 6) is 0. The summed E-state index contributed by atoms with van der Waals surface area (Å²) in [6.45, 7) is 8.05. The molecule has 0 aliphatic heterocycles. The first kappa shape index (κ1) is 13.6. The van der Waals surface area contributed by atoms with Crippen LogP contribution in [0.25, 0.3) is 0 Å². The first-order valence-electron chi connectivity index (χ1n) is 6.02. The second-order valence-electron chi connectivity index (χ2n) is 3.83. The van der Waals surface area contributed by atoms with Gasteiger partial charge in [0, 0.05) is 24.6 Å². The molecule has 0 saturated carbocycles. The van der Waals surface area contributed by atoms with Crippen LogP contribution in [0.15, 0.2) is 5.51 Å². The molecule has 92 valence electrons. The van der Waals surface area contributed by atoms with Crippen LogP contribution in [0.1, 0.15) is 30.3 Å². The third kappa shape index (κ3) is 5.58. The summed E-state index contributed by atoms with van der Waals surface area (Å²) >= 11 is 1.75. The molecule has 0 radical (unpaired) electrons. The lowest BCUT2D eigenvalue weighted by Gasteiger charge is -2.04. The SMILES string of the molecule is CCCOCCCNCCc1scnc1C. The van der Waals surface area contributed by atoms with Crippen LogP contribution in [-0.4, -0.2) is 31.3 Å². The molecule has 3 nitrogen and oxygen atoms in total. The summed E-state index contributed by atoms with van der Waals surface area (Å²) in [4.78, 5) is 5.63. The first-order valence-corrected chi connectivity index (χ1v) is 6.90. The molecule has 0 amide bonds. The van der Waals surface area contributed by atoms with Crippen LogP contribution in [0.3, 0.4) is 0 Å². The number of aryl methyl sites for hydroxylation is 1. The zero-order valence-corrected chi connectivity index (χ0v) is 11.1. The highest BCUT2D eigenvalue weighted by Gasteiger charge is 1.99. The zero-order chi connectivity index (χ0) is 11.6. The van der Waals surface area contributed by atoms with Crippen LogP contribution in [0.5, 0.6) is 0 Å². The lowest BCUT2D eigenvalue weighted by atomic mass is 10.3. The molecule has 1 aromatic heterocycles. The van der Waals surface area contributed by atoms with Gasteiger partial charge in [-0.15, -0.1) is 11.3 Å². The Bertz CT molecular complexity index is 276. The van der Waals surface area contributed by atoms with E-state index >= 15 is 0 Å². The van der Waals surface area contributed by atoms with Crippen molar-refractivity contribution in [1.82, 2.24) is 10.3 Å². The molecule has 0 aliphatic carbocycles. The Morgan fingerprint density at radius 3 is 2.94 bits per heavy atom. The van der Waals surface area contributed by atoms with E-state index in [0.29, 0.717) is 0 Å². The largest absolute Gasteiger partial charge is 0.381 e. The van der Waals surface area contributed by atoms with Crippen molar-refractivity contribution in [1.29, 1.82) is 0 Å². The summed E-state index contributed by atoms with van der Waals surface area (Å²) in [5, 5.41) is 3.43. The van der Waals surface area contributed by atoms with Crippen molar-refractivity contribution in [3.63, 3.8) is 0 Å². The maximum Gasteiger partial charge on any atom is 0.0797 e. The van der Waals surface area contributed by atoms with Gasteiger partial charge in [-0.2, -0.15) is 0 Å². The predicted molar refractivity (Wildman–Crippen MR) is 69.2 cm³/mol. The van der Waals surface area contributed by atoms with Crippen molar-refractivity contribution < 1.29 is 4.74 Å². The number of hydrogen-bond acceptors (Lipinski definition) is 4. The maximum atomic E-state index is 5.41. The molecule has 4 heteroatoms. The molecule has 1 rings (SSSR count). The molecule has 16 heavy (non-hydrogen) atoms. The molecule has 0 aliphatic rings. The van der Waals surface area contributed by atoms with Crippen LogP contribution in [0.4, 0.5) is 0 Å². The minimum Gasteiger partial charge on any atom is -0.381 e. The second kappa shape index (κ2) is 8.67. The smallest absolute Gasteiger partial charge is 0.0797 e. The molecular weight excluding hydrogens is 220 g/mol. The van der Waals surface area contributed by atoms with E-state index in [1.807, 2.05) is 5.51 Å². The van der Waals surface area contributed by atoms with Gasteiger partial charge in [0.05, 0.1) is 11.2 Å². The van der Waals surface area contributed by atoms with Crippen LogP contribution in [-0.2, 0) is 11.2 Å². The van der Waals surface area contributed by atoms with Crippen molar-refractivity contribution in [3.8, 4) is 0 Å². The Labute approximate surface area is 102 Å². The molecule has 0 atom stereocenters. The minimum atomic E-state index is 0.875. The van der Waals surface area contributed by atoms with Crippen molar-refractivity contribution in [2.75, 3.05) is 26.3 Å². The normalized spacial score (nSPS) is 10.9. The third-order valence-corrected chi connectivity index (χ3v) is 3.36. The lowest BCUT2D eigenvalue weighted by Crippen LogP contribution is -2.19. The number of aromatic nitrogens is 1. The Hall–Kier alpha value is -0.450. The zero-order valence-electron chi connectivity index (χ0n) is 10.3. The van der Waals surface area contributed by atoms with Gasteiger partial charge in [0.25, 0.3) is 0 Å². The Morgan fingerprint density at radius 1 is 1.38 bits per heavy atom. The van der Waals surface area contributed by atoms with Crippen molar-refractivity contribution in [2.45, 2.75) is 33.1 Å². The number of nitrogens with zero attached hydrogens (tertiary/aromatic N) is 1. The van der Waals surface area contributed by atoms with Gasteiger partial charge in [0.15, 0.2) is 0 Å². The highest BCUT2D eigenvalue weighted by Crippen LogP contribution is 2.11. The summed E-state index contributed by atoms with van der Waals surface area (Å²) in [6, 6.07) is 0. The van der Waals surface area contributed by atoms with Gasteiger partial charge < -0.3 is 10.1 Å². The van der Waals surface area contributed by atoms with Gasteiger partial charge in [-0.1, -0.05) is 6.92 Å². The van der Waals surface area contributed by atoms with Gasteiger partial charge in [0.1, 0.15) is 0 Å². The molecule has 1 N–H and O–H groups in total. The molecule has 0 aromatic carbocycles. The minimum absolute atomic E-state index is 0.875. The number of ether oxygens (including phenoxy) is 1. The summed E-state index contributed by atoms with van der Waals surface area (Å²) in [5.41, 5.74) is 3.10. The molecule has 0 fully saturated rings. The third-order valence-electron chi connectivity index (χ3n) is 2.36. The molecule has 0 unspecified atom stereocenters. The van der Waals surface area contributed by atoms with Gasteiger partial charge in [-0.25, -0.2) is 4.98 Å². The van der Waals surface area contributed by atoms with Gasteiger partial charge in [0.2, 0.25) is 0 Å². The van der Waals surface area contributed by atoms with E-state index < -0.39 is 0 Å². The molecule has 1 aromatic rings. The fourth-order valence-electron chi connectivity index (χ4n) is 1.44. The predicted octanol–water partition coefficient (Wildman–Crippen LogP) is 2.40. The molecule has 1 heterocycles. The van der Waals surface area contributed by atoms with E-state index in [0.717, 1.165) is 45.6 Å². The molecule has 0 spiro atoms. The lowest BCUT2D eigenvalue weighted by molar-refractivity contribution is 0.132. The Morgan fingerprint density at radius 2 is 2.25 bits per heavy atom. The fraction of sp³-hybridized carbons (Fsp3) is 0.750. The number of thiazole rings is 1. The van der Waals surface area contributed by atoms with Crippen LogP contribution >= 0.6 is 11.3 Å². The molecule has 0 bridgehead atoms. The van der Waals surface area contributed by atoms with Crippen LogP contribution < -0.4 is 5.32 Å². The van der Waals surface area contributed by atoms with Gasteiger partial charge in [-0.05, 0) is 32.7 Å². The fourth-order valence-corrected chi connectivity index (χ4v) is 2.22. The quantitative estimate of drug-likeness (QED) is 0.675. The molecule has 0 saturated heterocycles. The average molecular weight is 242 g/mol. The monoisotopic (exact) mass is 242 g/mol. The van der Waals surface area contributed by atoms with E-state index in [1.54, 1.807) is 11.3 Å². The second-order valence-corrected chi connectivity index (χ2v) is 4.77. The Kier molecular flexibility index (Phi) is 7.38. The summed E-state index contributed by atoms with van der Waals surface area (Å²) in [7, 11) is 0. The van der Waals surface area contributed by atoms with E-state index in [1.165, 1.54) is 10.6 Å². The highest BCUT2D eigenvalue weighted by molar-refractivity contribution is 7.09. The first-order chi connectivity index (χ1) is 7.84. The van der Waals surface area contributed by atoms with Gasteiger partial charge >= 0.3 is 0 Å². The van der Waals surface area contributed by atoms with E-state index in [-0.39, 0.29) is 0 Å². The molecular formula is C12H22N2OS.